The zero-order chi connectivity index (χ0) is 10.6. The number of aliphatic hydroxyl groups is 1. The molecule has 0 fully saturated rings. The number of hydrogen-bond acceptors (Lipinski definition) is 1. The van der Waals surface area contributed by atoms with Gasteiger partial charge in [-0.2, -0.15) is 0 Å². The summed E-state index contributed by atoms with van der Waals surface area (Å²) in [5.41, 5.74) is 3.29. The van der Waals surface area contributed by atoms with Gasteiger partial charge in [-0.15, -0.1) is 11.5 Å². The second kappa shape index (κ2) is 4.83. The molecule has 0 amide bonds. The van der Waals surface area contributed by atoms with Crippen molar-refractivity contribution < 1.29 is 5.11 Å². The maximum atomic E-state index is 9.70. The molecule has 0 saturated carbocycles. The summed E-state index contributed by atoms with van der Waals surface area (Å²) in [6.07, 6.45) is -0.288. The Morgan fingerprint density at radius 2 is 1.54 bits per heavy atom. The molecule has 0 aromatic rings. The third-order valence-corrected chi connectivity index (χ3v) is 2.76. The number of rotatable bonds is 2. The SMILES string of the molecule is CC(C)C(O)C(C)C#C[Si](C)(C)C. The molecule has 0 spiro atoms. The Morgan fingerprint density at radius 3 is 1.85 bits per heavy atom. The first-order valence-electron chi connectivity index (χ1n) is 4.95. The molecule has 1 nitrogen and oxygen atoms in total. The summed E-state index contributed by atoms with van der Waals surface area (Å²) in [6, 6.07) is 0. The first-order chi connectivity index (χ1) is 5.74. The van der Waals surface area contributed by atoms with Crippen LogP contribution in [0.5, 0.6) is 0 Å². The van der Waals surface area contributed by atoms with Crippen molar-refractivity contribution in [1.82, 2.24) is 0 Å². The van der Waals surface area contributed by atoms with E-state index in [1.807, 2.05) is 20.8 Å². The van der Waals surface area contributed by atoms with E-state index in [0.29, 0.717) is 5.92 Å². The van der Waals surface area contributed by atoms with Gasteiger partial charge in [0.25, 0.3) is 0 Å². The predicted molar refractivity (Wildman–Crippen MR) is 61.1 cm³/mol. The van der Waals surface area contributed by atoms with Gasteiger partial charge < -0.3 is 5.11 Å². The Balaban J connectivity index is 4.27. The first kappa shape index (κ1) is 12.7. The van der Waals surface area contributed by atoms with Crippen molar-refractivity contribution >= 4 is 8.07 Å². The molecule has 1 N–H and O–H groups in total. The second-order valence-corrected chi connectivity index (χ2v) is 9.79. The zero-order valence-corrected chi connectivity index (χ0v) is 10.7. The minimum Gasteiger partial charge on any atom is -0.392 e. The molecule has 0 aromatic heterocycles. The summed E-state index contributed by atoms with van der Waals surface area (Å²) in [5.74, 6) is 3.57. The highest BCUT2D eigenvalue weighted by atomic mass is 28.3. The average molecular weight is 198 g/mol. The van der Waals surface area contributed by atoms with Crippen LogP contribution in [0.2, 0.25) is 19.6 Å². The highest BCUT2D eigenvalue weighted by molar-refractivity contribution is 6.83. The van der Waals surface area contributed by atoms with Crippen LogP contribution in [0.3, 0.4) is 0 Å². The molecule has 0 rings (SSSR count). The van der Waals surface area contributed by atoms with E-state index in [1.54, 1.807) is 0 Å². The van der Waals surface area contributed by atoms with E-state index in [9.17, 15) is 5.11 Å². The van der Waals surface area contributed by atoms with E-state index in [1.165, 1.54) is 0 Å². The third-order valence-electron chi connectivity index (χ3n) is 1.87. The van der Waals surface area contributed by atoms with E-state index in [4.69, 9.17) is 0 Å². The van der Waals surface area contributed by atoms with E-state index < -0.39 is 8.07 Å². The molecule has 2 atom stereocenters. The van der Waals surface area contributed by atoms with E-state index in [-0.39, 0.29) is 12.0 Å². The van der Waals surface area contributed by atoms with Crippen LogP contribution in [0.15, 0.2) is 0 Å². The third kappa shape index (κ3) is 5.90. The standard InChI is InChI=1S/C11H22OSi/c1-9(2)11(12)10(3)7-8-13(4,5)6/h9-12H,1-6H3. The molecular formula is C11H22OSi. The van der Waals surface area contributed by atoms with Crippen LogP contribution < -0.4 is 0 Å². The van der Waals surface area contributed by atoms with Gasteiger partial charge in [0.2, 0.25) is 0 Å². The first-order valence-corrected chi connectivity index (χ1v) is 8.45. The van der Waals surface area contributed by atoms with Crippen LogP contribution >= 0.6 is 0 Å². The van der Waals surface area contributed by atoms with Crippen LogP contribution in [0.25, 0.3) is 0 Å². The van der Waals surface area contributed by atoms with Crippen molar-refractivity contribution in [3.05, 3.63) is 0 Å². The van der Waals surface area contributed by atoms with Gasteiger partial charge in [0.05, 0.1) is 6.10 Å². The quantitative estimate of drug-likeness (QED) is 0.534. The fraction of sp³-hybridized carbons (Fsp3) is 0.818. The minimum atomic E-state index is -1.27. The molecule has 0 aromatic carbocycles. The summed E-state index contributed by atoms with van der Waals surface area (Å²) in [7, 11) is -1.27. The van der Waals surface area contributed by atoms with Crippen molar-refractivity contribution in [2.45, 2.75) is 46.5 Å². The average Bonchev–Trinajstić information content (AvgIpc) is 1.97. The van der Waals surface area contributed by atoms with Crippen LogP contribution in [-0.2, 0) is 0 Å². The number of hydrogen-bond donors (Lipinski definition) is 1. The highest BCUT2D eigenvalue weighted by Gasteiger charge is 2.16. The van der Waals surface area contributed by atoms with E-state index in [0.717, 1.165) is 0 Å². The summed E-state index contributed by atoms with van der Waals surface area (Å²) < 4.78 is 0. The fourth-order valence-electron chi connectivity index (χ4n) is 0.993. The molecule has 0 radical (unpaired) electrons. The maximum Gasteiger partial charge on any atom is 0.129 e. The van der Waals surface area contributed by atoms with Crippen molar-refractivity contribution in [1.29, 1.82) is 0 Å². The van der Waals surface area contributed by atoms with Gasteiger partial charge in [-0.05, 0) is 12.8 Å². The maximum absolute atomic E-state index is 9.70. The van der Waals surface area contributed by atoms with Crippen molar-refractivity contribution in [2.24, 2.45) is 11.8 Å². The molecule has 2 unspecified atom stereocenters. The van der Waals surface area contributed by atoms with Crippen LogP contribution in [-0.4, -0.2) is 19.3 Å². The van der Waals surface area contributed by atoms with Gasteiger partial charge in [-0.3, -0.25) is 0 Å². The predicted octanol–water partition coefficient (Wildman–Crippen LogP) is 2.52. The lowest BCUT2D eigenvalue weighted by Gasteiger charge is -2.17. The molecule has 0 aliphatic carbocycles. The van der Waals surface area contributed by atoms with Crippen LogP contribution in [0, 0.1) is 23.3 Å². The Morgan fingerprint density at radius 1 is 1.08 bits per heavy atom. The molecule has 2 heteroatoms. The summed E-state index contributed by atoms with van der Waals surface area (Å²) >= 11 is 0. The fourth-order valence-corrected chi connectivity index (χ4v) is 1.65. The van der Waals surface area contributed by atoms with Crippen molar-refractivity contribution in [2.75, 3.05) is 0 Å². The van der Waals surface area contributed by atoms with E-state index >= 15 is 0 Å². The van der Waals surface area contributed by atoms with Gasteiger partial charge in [-0.25, -0.2) is 0 Å². The molecule has 0 aliphatic rings. The largest absolute Gasteiger partial charge is 0.392 e. The zero-order valence-electron chi connectivity index (χ0n) is 9.68. The monoisotopic (exact) mass is 198 g/mol. The lowest BCUT2D eigenvalue weighted by atomic mass is 9.96. The molecule has 0 heterocycles. The smallest absolute Gasteiger partial charge is 0.129 e. The molecule has 13 heavy (non-hydrogen) atoms. The molecule has 0 saturated heterocycles. The highest BCUT2D eigenvalue weighted by Crippen LogP contribution is 2.11. The van der Waals surface area contributed by atoms with Crippen molar-refractivity contribution in [3.8, 4) is 11.5 Å². The second-order valence-electron chi connectivity index (χ2n) is 5.04. The molecule has 76 valence electrons. The molecule has 0 aliphatic heterocycles. The molecular weight excluding hydrogens is 176 g/mol. The van der Waals surface area contributed by atoms with Gasteiger partial charge in [0, 0.05) is 5.92 Å². The number of aliphatic hydroxyl groups excluding tert-OH is 1. The van der Waals surface area contributed by atoms with Crippen LogP contribution in [0.1, 0.15) is 20.8 Å². The van der Waals surface area contributed by atoms with Gasteiger partial charge in [0.1, 0.15) is 8.07 Å². The lowest BCUT2D eigenvalue weighted by molar-refractivity contribution is 0.0946. The summed E-state index contributed by atoms with van der Waals surface area (Å²) in [4.78, 5) is 0. The van der Waals surface area contributed by atoms with Gasteiger partial charge in [0.15, 0.2) is 0 Å². The Kier molecular flexibility index (Phi) is 4.73. The van der Waals surface area contributed by atoms with Crippen LogP contribution in [0.4, 0.5) is 0 Å². The van der Waals surface area contributed by atoms with Gasteiger partial charge >= 0.3 is 0 Å². The van der Waals surface area contributed by atoms with Gasteiger partial charge in [-0.1, -0.05) is 33.5 Å². The molecule has 0 bridgehead atoms. The van der Waals surface area contributed by atoms with E-state index in [2.05, 4.69) is 31.1 Å². The Bertz CT molecular complexity index is 204. The summed E-state index contributed by atoms with van der Waals surface area (Å²) in [5, 5.41) is 9.70. The summed E-state index contributed by atoms with van der Waals surface area (Å²) in [6.45, 7) is 12.7. The normalized spacial score (nSPS) is 16.3. The van der Waals surface area contributed by atoms with Crippen molar-refractivity contribution in [3.63, 3.8) is 0 Å². The lowest BCUT2D eigenvalue weighted by Crippen LogP contribution is -2.24. The minimum absolute atomic E-state index is 0.103. The topological polar surface area (TPSA) is 20.2 Å². The Hall–Kier alpha value is -0.263. The Labute approximate surface area is 83.6 Å².